The summed E-state index contributed by atoms with van der Waals surface area (Å²) in [6.07, 6.45) is 1.90. The van der Waals surface area contributed by atoms with Gasteiger partial charge in [0.25, 0.3) is 0 Å². The van der Waals surface area contributed by atoms with Gasteiger partial charge in [-0.1, -0.05) is 18.2 Å². The molecule has 0 aliphatic rings. The predicted molar refractivity (Wildman–Crippen MR) is 102 cm³/mol. The van der Waals surface area contributed by atoms with Gasteiger partial charge >= 0.3 is 5.97 Å². The van der Waals surface area contributed by atoms with Crippen molar-refractivity contribution in [3.63, 3.8) is 0 Å². The molecule has 0 aliphatic heterocycles. The molecule has 0 saturated heterocycles. The average molecular weight is 367 g/mol. The molecule has 2 heterocycles. The average Bonchev–Trinajstić information content (AvgIpc) is 3.16. The molecule has 7 heteroatoms. The number of para-hydroxylation sites is 1. The third-order valence-electron chi connectivity index (χ3n) is 3.56. The largest absolute Gasteiger partial charge is 0.465 e. The van der Waals surface area contributed by atoms with Gasteiger partial charge in [-0.15, -0.1) is 11.3 Å². The number of hydrogen-bond donors (Lipinski definition) is 2. The monoisotopic (exact) mass is 367 g/mol. The number of esters is 1. The van der Waals surface area contributed by atoms with E-state index in [0.29, 0.717) is 29.2 Å². The van der Waals surface area contributed by atoms with Crippen molar-refractivity contribution in [2.24, 2.45) is 0 Å². The molecule has 3 rings (SSSR count). The summed E-state index contributed by atoms with van der Waals surface area (Å²) < 4.78 is 4.77. The first kappa shape index (κ1) is 17.6. The lowest BCUT2D eigenvalue weighted by molar-refractivity contribution is -0.115. The number of pyridine rings is 1. The van der Waals surface area contributed by atoms with E-state index in [9.17, 15) is 9.59 Å². The standard InChI is InChI=1S/C19H17N3O3S/c1-25-19(24)15-6-2-3-7-16(15)22-17-9-8-13(12-20-17)21-18(23)11-14-5-4-10-26-14/h2-10,12H,11H2,1H3,(H,20,22)(H,21,23). The maximum atomic E-state index is 12.0. The molecule has 6 nitrogen and oxygen atoms in total. The first-order valence-electron chi connectivity index (χ1n) is 7.88. The number of hydrogen-bond acceptors (Lipinski definition) is 6. The van der Waals surface area contributed by atoms with E-state index in [1.54, 1.807) is 47.9 Å². The number of nitrogens with zero attached hydrogens (tertiary/aromatic N) is 1. The van der Waals surface area contributed by atoms with E-state index in [0.717, 1.165) is 4.88 Å². The van der Waals surface area contributed by atoms with Crippen LogP contribution in [0.15, 0.2) is 60.1 Å². The Morgan fingerprint density at radius 1 is 1.12 bits per heavy atom. The SMILES string of the molecule is COC(=O)c1ccccc1Nc1ccc(NC(=O)Cc2cccs2)cn1. The molecule has 1 amide bonds. The molecule has 0 bridgehead atoms. The summed E-state index contributed by atoms with van der Waals surface area (Å²) in [5, 5.41) is 7.84. The van der Waals surface area contributed by atoms with Gasteiger partial charge in [0, 0.05) is 4.88 Å². The van der Waals surface area contributed by atoms with E-state index in [1.807, 2.05) is 23.6 Å². The number of aromatic nitrogens is 1. The van der Waals surface area contributed by atoms with Gasteiger partial charge in [0.1, 0.15) is 5.82 Å². The van der Waals surface area contributed by atoms with Crippen molar-refractivity contribution in [3.8, 4) is 0 Å². The van der Waals surface area contributed by atoms with Crippen LogP contribution < -0.4 is 10.6 Å². The van der Waals surface area contributed by atoms with Gasteiger partial charge in [0.15, 0.2) is 0 Å². The quantitative estimate of drug-likeness (QED) is 0.647. The molecule has 26 heavy (non-hydrogen) atoms. The van der Waals surface area contributed by atoms with Crippen molar-refractivity contribution >= 4 is 40.4 Å². The molecule has 0 unspecified atom stereocenters. The zero-order valence-corrected chi connectivity index (χ0v) is 14.9. The number of rotatable bonds is 6. The number of carbonyl (C=O) groups is 2. The Morgan fingerprint density at radius 3 is 2.65 bits per heavy atom. The summed E-state index contributed by atoms with van der Waals surface area (Å²) in [6, 6.07) is 14.3. The van der Waals surface area contributed by atoms with Crippen molar-refractivity contribution in [1.29, 1.82) is 0 Å². The maximum absolute atomic E-state index is 12.0. The highest BCUT2D eigenvalue weighted by atomic mass is 32.1. The first-order valence-corrected chi connectivity index (χ1v) is 8.76. The molecule has 0 fully saturated rings. The lowest BCUT2D eigenvalue weighted by Gasteiger charge is -2.10. The van der Waals surface area contributed by atoms with Crippen molar-refractivity contribution in [2.75, 3.05) is 17.7 Å². The Kier molecular flexibility index (Phi) is 5.60. The van der Waals surface area contributed by atoms with Crippen molar-refractivity contribution in [2.45, 2.75) is 6.42 Å². The number of ether oxygens (including phenoxy) is 1. The number of methoxy groups -OCH3 is 1. The number of anilines is 3. The molecule has 2 N–H and O–H groups in total. The second kappa shape index (κ2) is 8.26. The van der Waals surface area contributed by atoms with Crippen molar-refractivity contribution in [3.05, 3.63) is 70.5 Å². The second-order valence-corrected chi connectivity index (χ2v) is 6.43. The van der Waals surface area contributed by atoms with Crippen LogP contribution in [0.5, 0.6) is 0 Å². The van der Waals surface area contributed by atoms with Crippen LogP contribution >= 0.6 is 11.3 Å². The smallest absolute Gasteiger partial charge is 0.339 e. The van der Waals surface area contributed by atoms with E-state index in [4.69, 9.17) is 4.74 Å². The number of carbonyl (C=O) groups excluding carboxylic acids is 2. The molecule has 2 aromatic heterocycles. The fraction of sp³-hybridized carbons (Fsp3) is 0.105. The molecular weight excluding hydrogens is 350 g/mol. The van der Waals surface area contributed by atoms with Crippen LogP contribution in [0.25, 0.3) is 0 Å². The van der Waals surface area contributed by atoms with Crippen LogP contribution in [-0.2, 0) is 16.0 Å². The van der Waals surface area contributed by atoms with Gasteiger partial charge in [-0.05, 0) is 35.7 Å². The molecule has 0 radical (unpaired) electrons. The molecule has 0 atom stereocenters. The maximum Gasteiger partial charge on any atom is 0.339 e. The molecule has 1 aromatic carbocycles. The van der Waals surface area contributed by atoms with E-state index >= 15 is 0 Å². The Bertz CT molecular complexity index is 893. The summed E-state index contributed by atoms with van der Waals surface area (Å²) in [4.78, 5) is 29.1. The summed E-state index contributed by atoms with van der Waals surface area (Å²) in [5.74, 6) is 0.0363. The molecule has 132 valence electrons. The lowest BCUT2D eigenvalue weighted by Crippen LogP contribution is -2.14. The van der Waals surface area contributed by atoms with Gasteiger partial charge in [-0.3, -0.25) is 4.79 Å². The molecule has 0 saturated carbocycles. The summed E-state index contributed by atoms with van der Waals surface area (Å²) in [6.45, 7) is 0. The minimum atomic E-state index is -0.425. The van der Waals surface area contributed by atoms with Crippen LogP contribution in [0.1, 0.15) is 15.2 Å². The molecule has 0 spiro atoms. The molecular formula is C19H17N3O3S. The summed E-state index contributed by atoms with van der Waals surface area (Å²) >= 11 is 1.55. The van der Waals surface area contributed by atoms with Crippen LogP contribution in [0.3, 0.4) is 0 Å². The van der Waals surface area contributed by atoms with Crippen LogP contribution in [0, 0.1) is 0 Å². The van der Waals surface area contributed by atoms with Gasteiger partial charge in [0.2, 0.25) is 5.91 Å². The number of nitrogens with one attached hydrogen (secondary N) is 2. The van der Waals surface area contributed by atoms with Crippen LogP contribution in [0.4, 0.5) is 17.2 Å². The highest BCUT2D eigenvalue weighted by Gasteiger charge is 2.11. The zero-order valence-electron chi connectivity index (χ0n) is 14.1. The fourth-order valence-corrected chi connectivity index (χ4v) is 3.04. The van der Waals surface area contributed by atoms with Crippen molar-refractivity contribution < 1.29 is 14.3 Å². The molecule has 0 aliphatic carbocycles. The minimum absolute atomic E-state index is 0.0917. The van der Waals surface area contributed by atoms with E-state index in [1.165, 1.54) is 7.11 Å². The third-order valence-corrected chi connectivity index (χ3v) is 4.43. The highest BCUT2D eigenvalue weighted by Crippen LogP contribution is 2.21. The topological polar surface area (TPSA) is 80.3 Å². The van der Waals surface area contributed by atoms with Gasteiger partial charge in [-0.2, -0.15) is 0 Å². The fourth-order valence-electron chi connectivity index (χ4n) is 2.34. The van der Waals surface area contributed by atoms with Gasteiger partial charge in [0.05, 0.1) is 36.7 Å². The predicted octanol–water partition coefficient (Wildman–Crippen LogP) is 3.85. The van der Waals surface area contributed by atoms with Gasteiger partial charge in [-0.25, -0.2) is 9.78 Å². The van der Waals surface area contributed by atoms with Crippen LogP contribution in [0.2, 0.25) is 0 Å². The Morgan fingerprint density at radius 2 is 1.96 bits per heavy atom. The number of amides is 1. The van der Waals surface area contributed by atoms with Crippen LogP contribution in [-0.4, -0.2) is 24.0 Å². The first-order chi connectivity index (χ1) is 12.7. The Hall–Kier alpha value is -3.19. The zero-order chi connectivity index (χ0) is 18.4. The number of thiophene rings is 1. The normalized spacial score (nSPS) is 10.2. The van der Waals surface area contributed by atoms with Crippen molar-refractivity contribution in [1.82, 2.24) is 4.98 Å². The third kappa shape index (κ3) is 4.46. The number of benzene rings is 1. The van der Waals surface area contributed by atoms with E-state index in [-0.39, 0.29) is 5.91 Å². The minimum Gasteiger partial charge on any atom is -0.465 e. The second-order valence-electron chi connectivity index (χ2n) is 5.40. The Balaban J connectivity index is 1.65. The summed E-state index contributed by atoms with van der Waals surface area (Å²) in [7, 11) is 1.34. The van der Waals surface area contributed by atoms with E-state index in [2.05, 4.69) is 15.6 Å². The molecule has 3 aromatic rings. The van der Waals surface area contributed by atoms with Gasteiger partial charge < -0.3 is 15.4 Å². The highest BCUT2D eigenvalue weighted by molar-refractivity contribution is 7.10. The van der Waals surface area contributed by atoms with E-state index < -0.39 is 5.97 Å². The lowest BCUT2D eigenvalue weighted by atomic mass is 10.2. The Labute approximate surface area is 154 Å². The summed E-state index contributed by atoms with van der Waals surface area (Å²) in [5.41, 5.74) is 1.63.